The van der Waals surface area contributed by atoms with Gasteiger partial charge in [-0.05, 0) is 6.42 Å². The van der Waals surface area contributed by atoms with Crippen LogP contribution >= 0.6 is 0 Å². The van der Waals surface area contributed by atoms with Crippen molar-refractivity contribution in [2.75, 3.05) is 0 Å². The molecule has 3 heteroatoms. The van der Waals surface area contributed by atoms with E-state index >= 15 is 0 Å². The molecule has 2 N–H and O–H groups in total. The van der Waals surface area contributed by atoms with E-state index < -0.39 is 5.91 Å². The van der Waals surface area contributed by atoms with Crippen molar-refractivity contribution in [3.8, 4) is 0 Å². The van der Waals surface area contributed by atoms with E-state index in [1.807, 2.05) is 6.08 Å². The zero-order valence-electron chi connectivity index (χ0n) is 5.91. The first-order chi connectivity index (χ1) is 4.80. The Labute approximate surface area is 80.1 Å². The molecule has 2 nitrogen and oxygen atoms in total. The molecule has 0 bridgehead atoms. The molecule has 0 saturated carbocycles. The molecule has 0 aliphatic heterocycles. The van der Waals surface area contributed by atoms with Gasteiger partial charge >= 0.3 is 0 Å². The van der Waals surface area contributed by atoms with Crippen LogP contribution in [0.1, 0.15) is 6.42 Å². The molecule has 1 aliphatic carbocycles. The van der Waals surface area contributed by atoms with Gasteiger partial charge in [-0.15, -0.1) is 17.7 Å². The first-order valence-corrected chi connectivity index (χ1v) is 3.05. The standard InChI is InChI=1S/C8H8NO.W/c9-8(10)7-5-3-1-2-4-6-7;/h1,3-5H,2H2,(H2,9,10);/q-1;. The van der Waals surface area contributed by atoms with Gasteiger partial charge in [-0.25, -0.2) is 0 Å². The summed E-state index contributed by atoms with van der Waals surface area (Å²) in [6.07, 6.45) is 10.8. The van der Waals surface area contributed by atoms with Gasteiger partial charge in [-0.3, -0.25) is 0 Å². The minimum atomic E-state index is -0.428. The van der Waals surface area contributed by atoms with Crippen LogP contribution in [0.5, 0.6) is 0 Å². The molecule has 0 unspecified atom stereocenters. The van der Waals surface area contributed by atoms with Gasteiger partial charge in [-0.2, -0.15) is 12.2 Å². The minimum absolute atomic E-state index is 0. The first kappa shape index (κ1) is 10.4. The number of allylic oxidation sites excluding steroid dienone is 4. The van der Waals surface area contributed by atoms with E-state index in [0.717, 1.165) is 6.42 Å². The number of rotatable bonds is 1. The Balaban J connectivity index is 0.000001000. The van der Waals surface area contributed by atoms with Crippen LogP contribution in [0.15, 0.2) is 29.9 Å². The van der Waals surface area contributed by atoms with Crippen LogP contribution in [0.2, 0.25) is 0 Å². The van der Waals surface area contributed by atoms with Crippen LogP contribution < -0.4 is 5.73 Å². The summed E-state index contributed by atoms with van der Waals surface area (Å²) in [5, 5.41) is 0. The van der Waals surface area contributed by atoms with E-state index in [4.69, 9.17) is 5.73 Å². The van der Waals surface area contributed by atoms with Gasteiger partial charge in [-0.1, -0.05) is 6.08 Å². The second-order valence-corrected chi connectivity index (χ2v) is 1.96. The second-order valence-electron chi connectivity index (χ2n) is 1.96. The fourth-order valence-electron chi connectivity index (χ4n) is 0.681. The van der Waals surface area contributed by atoms with E-state index in [0.29, 0.717) is 5.57 Å². The molecule has 0 aromatic carbocycles. The number of primary amides is 1. The number of hydrogen-bond acceptors (Lipinski definition) is 1. The molecule has 0 spiro atoms. The van der Waals surface area contributed by atoms with Crippen molar-refractivity contribution in [1.82, 2.24) is 0 Å². The molecule has 1 aliphatic rings. The summed E-state index contributed by atoms with van der Waals surface area (Å²) in [6.45, 7) is 0. The second kappa shape index (κ2) is 5.08. The SMILES string of the molecule is NC(=O)C1=CC=CCC=[C-]1.[W]. The Kier molecular flexibility index (Phi) is 4.80. The molecule has 0 radical (unpaired) electrons. The molecular formula is C8H8NOW-. The third-order valence-corrected chi connectivity index (χ3v) is 1.18. The molecule has 0 fully saturated rings. The van der Waals surface area contributed by atoms with Crippen molar-refractivity contribution < 1.29 is 25.9 Å². The summed E-state index contributed by atoms with van der Waals surface area (Å²) >= 11 is 0. The Morgan fingerprint density at radius 1 is 1.64 bits per heavy atom. The summed E-state index contributed by atoms with van der Waals surface area (Å²) in [5.41, 5.74) is 5.45. The van der Waals surface area contributed by atoms with Gasteiger partial charge in [0.2, 0.25) is 0 Å². The van der Waals surface area contributed by atoms with E-state index in [1.54, 1.807) is 18.2 Å². The largest absolute Gasteiger partial charge is 0.418 e. The maximum Gasteiger partial charge on any atom is 0.133 e. The zero-order chi connectivity index (χ0) is 7.40. The Bertz CT molecular complexity index is 228. The number of nitrogens with two attached hydrogens (primary N) is 1. The molecule has 11 heavy (non-hydrogen) atoms. The Morgan fingerprint density at radius 2 is 2.36 bits per heavy atom. The molecular weight excluding hydrogens is 310 g/mol. The van der Waals surface area contributed by atoms with Gasteiger partial charge in [0, 0.05) is 21.1 Å². The quantitative estimate of drug-likeness (QED) is 0.711. The molecule has 0 aromatic heterocycles. The predicted molar refractivity (Wildman–Crippen MR) is 38.8 cm³/mol. The van der Waals surface area contributed by atoms with Crippen LogP contribution in [-0.4, -0.2) is 5.91 Å². The minimum Gasteiger partial charge on any atom is -0.418 e. The zero-order valence-corrected chi connectivity index (χ0v) is 8.84. The summed E-state index contributed by atoms with van der Waals surface area (Å²) in [6, 6.07) is 0. The predicted octanol–water partition coefficient (Wildman–Crippen LogP) is 0.715. The molecule has 0 heterocycles. The third kappa shape index (κ3) is 3.33. The topological polar surface area (TPSA) is 43.1 Å². The van der Waals surface area contributed by atoms with Crippen molar-refractivity contribution in [1.29, 1.82) is 0 Å². The van der Waals surface area contributed by atoms with Gasteiger partial charge in [0.1, 0.15) is 5.91 Å². The number of hydrogen-bond donors (Lipinski definition) is 1. The average molecular weight is 318 g/mol. The van der Waals surface area contributed by atoms with Crippen molar-refractivity contribution in [2.24, 2.45) is 5.73 Å². The molecule has 0 aromatic rings. The van der Waals surface area contributed by atoms with Crippen molar-refractivity contribution in [2.45, 2.75) is 6.42 Å². The molecule has 1 rings (SSSR count). The summed E-state index contributed by atoms with van der Waals surface area (Å²) in [5.74, 6) is -0.428. The van der Waals surface area contributed by atoms with Crippen LogP contribution in [0.3, 0.4) is 0 Å². The maximum absolute atomic E-state index is 10.5. The fourth-order valence-corrected chi connectivity index (χ4v) is 0.681. The first-order valence-electron chi connectivity index (χ1n) is 3.05. The summed E-state index contributed by atoms with van der Waals surface area (Å²) < 4.78 is 0. The van der Waals surface area contributed by atoms with Gasteiger partial charge in [0.05, 0.1) is 0 Å². The van der Waals surface area contributed by atoms with Gasteiger partial charge < -0.3 is 10.5 Å². The average Bonchev–Trinajstić information content (AvgIpc) is 2.12. The normalized spacial score (nSPS) is 14.7. The molecule has 1 amide bonds. The number of amides is 1. The van der Waals surface area contributed by atoms with Crippen LogP contribution in [0.25, 0.3) is 0 Å². The number of carbonyl (C=O) groups is 1. The van der Waals surface area contributed by atoms with Crippen molar-refractivity contribution >= 4 is 5.91 Å². The summed E-state index contributed by atoms with van der Waals surface area (Å²) in [7, 11) is 0. The molecule has 58 valence electrons. The number of carbonyl (C=O) groups excluding carboxylic acids is 1. The van der Waals surface area contributed by atoms with Crippen molar-refractivity contribution in [3.05, 3.63) is 36.0 Å². The van der Waals surface area contributed by atoms with Gasteiger partial charge in [0.15, 0.2) is 0 Å². The molecule has 0 atom stereocenters. The van der Waals surface area contributed by atoms with E-state index in [-0.39, 0.29) is 21.1 Å². The van der Waals surface area contributed by atoms with Crippen LogP contribution in [0, 0.1) is 6.08 Å². The van der Waals surface area contributed by atoms with Crippen LogP contribution in [-0.2, 0) is 25.9 Å². The monoisotopic (exact) mass is 318 g/mol. The molecule has 0 saturated heterocycles. The smallest absolute Gasteiger partial charge is 0.133 e. The van der Waals surface area contributed by atoms with E-state index in [9.17, 15) is 4.79 Å². The van der Waals surface area contributed by atoms with Crippen LogP contribution in [0.4, 0.5) is 0 Å². The van der Waals surface area contributed by atoms with Gasteiger partial charge in [0.25, 0.3) is 0 Å². The summed E-state index contributed by atoms with van der Waals surface area (Å²) in [4.78, 5) is 10.5. The van der Waals surface area contributed by atoms with E-state index in [1.165, 1.54) is 0 Å². The van der Waals surface area contributed by atoms with E-state index in [2.05, 4.69) is 6.08 Å². The Morgan fingerprint density at radius 3 is 3.00 bits per heavy atom. The van der Waals surface area contributed by atoms with Crippen molar-refractivity contribution in [3.63, 3.8) is 0 Å². The third-order valence-electron chi connectivity index (χ3n) is 1.18. The maximum atomic E-state index is 10.5. The fraction of sp³-hybridized carbons (Fsp3) is 0.125. The Hall–Kier alpha value is -0.622.